The van der Waals surface area contributed by atoms with Crippen molar-refractivity contribution in [3.63, 3.8) is 0 Å². The lowest BCUT2D eigenvalue weighted by molar-refractivity contribution is -0.0350. The molecule has 1 aliphatic rings. The molecule has 1 saturated carbocycles. The first-order valence-electron chi connectivity index (χ1n) is 7.22. The van der Waals surface area contributed by atoms with Gasteiger partial charge in [-0.25, -0.2) is 4.57 Å². The lowest BCUT2D eigenvalue weighted by Crippen LogP contribution is -2.33. The fourth-order valence-corrected chi connectivity index (χ4v) is 3.61. The molecule has 0 spiro atoms. The van der Waals surface area contributed by atoms with Crippen LogP contribution in [0, 0.1) is 0 Å². The van der Waals surface area contributed by atoms with Crippen molar-refractivity contribution in [2.45, 2.75) is 37.9 Å². The number of carbonyl (C=O) groups is 1. The highest BCUT2D eigenvalue weighted by atomic mass is 31.2. The zero-order valence-electron chi connectivity index (χ0n) is 12.8. The average Bonchev–Trinajstić information content (AvgIpc) is 2.56. The molecule has 0 amide bonds. The Morgan fingerprint density at radius 2 is 1.73 bits per heavy atom. The molecule has 0 aromatic heterocycles. The molecular weight excluding hydrogens is 307 g/mol. The number of carbonyl (C=O) groups excluding carboxylic acids is 1. The van der Waals surface area contributed by atoms with Crippen LogP contribution in [-0.2, 0) is 18.3 Å². The second-order valence-corrected chi connectivity index (χ2v) is 6.76. The molecule has 0 radical (unpaired) electrons. The van der Waals surface area contributed by atoms with Gasteiger partial charge in [0.1, 0.15) is 12.0 Å². The van der Waals surface area contributed by atoms with Gasteiger partial charge in [0, 0.05) is 19.8 Å². The van der Waals surface area contributed by atoms with E-state index in [0.29, 0.717) is 11.3 Å². The number of rotatable bonds is 7. The summed E-state index contributed by atoms with van der Waals surface area (Å²) in [5.74, 6) is 0.320. The summed E-state index contributed by atoms with van der Waals surface area (Å²) in [6.07, 6.45) is 3.95. The van der Waals surface area contributed by atoms with Gasteiger partial charge < -0.3 is 9.26 Å². The van der Waals surface area contributed by atoms with Gasteiger partial charge in [0.25, 0.3) is 0 Å². The predicted molar refractivity (Wildman–Crippen MR) is 81.2 cm³/mol. The Bertz CT molecular complexity index is 529. The standard InChI is InChI=1S/C15H21O6P/c1-18-14-5-3-4-6-15(14)21-22(17,19-2)20-13-9-7-12(11-16)8-10-13/h7-11,14-15H,3-6H2,1-2H3. The number of phosphoric acid groups is 1. The van der Waals surface area contributed by atoms with E-state index < -0.39 is 7.82 Å². The monoisotopic (exact) mass is 328 g/mol. The molecule has 22 heavy (non-hydrogen) atoms. The molecule has 0 saturated heterocycles. The minimum absolute atomic E-state index is 0.113. The smallest absolute Gasteiger partial charge is 0.404 e. The van der Waals surface area contributed by atoms with Crippen LogP contribution in [0.25, 0.3) is 0 Å². The third-order valence-electron chi connectivity index (χ3n) is 3.67. The maximum absolute atomic E-state index is 12.6. The normalized spacial score (nSPS) is 24.5. The first kappa shape index (κ1) is 17.2. The molecular formula is C15H21O6P. The van der Waals surface area contributed by atoms with Gasteiger partial charge in [0.05, 0.1) is 12.2 Å². The maximum atomic E-state index is 12.6. The van der Waals surface area contributed by atoms with E-state index in [1.165, 1.54) is 7.11 Å². The highest BCUT2D eigenvalue weighted by Crippen LogP contribution is 2.51. The summed E-state index contributed by atoms with van der Waals surface area (Å²) in [6.45, 7) is 0. The highest BCUT2D eigenvalue weighted by molar-refractivity contribution is 7.48. The van der Waals surface area contributed by atoms with E-state index in [4.69, 9.17) is 18.3 Å². The maximum Gasteiger partial charge on any atom is 0.530 e. The fourth-order valence-electron chi connectivity index (χ4n) is 2.46. The Kier molecular flexibility index (Phi) is 6.15. The van der Waals surface area contributed by atoms with Gasteiger partial charge in [-0.05, 0) is 37.1 Å². The average molecular weight is 328 g/mol. The van der Waals surface area contributed by atoms with Crippen molar-refractivity contribution in [3.05, 3.63) is 29.8 Å². The second-order valence-electron chi connectivity index (χ2n) is 5.11. The van der Waals surface area contributed by atoms with E-state index in [1.807, 2.05) is 0 Å². The molecule has 1 aromatic carbocycles. The van der Waals surface area contributed by atoms with Gasteiger partial charge in [-0.15, -0.1) is 0 Å². The quantitative estimate of drug-likeness (QED) is 0.562. The zero-order chi connectivity index (χ0) is 16.0. The Morgan fingerprint density at radius 3 is 2.27 bits per heavy atom. The number of benzene rings is 1. The summed E-state index contributed by atoms with van der Waals surface area (Å²) >= 11 is 0. The highest BCUT2D eigenvalue weighted by Gasteiger charge is 2.36. The lowest BCUT2D eigenvalue weighted by atomic mass is 9.95. The summed E-state index contributed by atoms with van der Waals surface area (Å²) < 4.78 is 34.0. The Hall–Kier alpha value is -1.20. The van der Waals surface area contributed by atoms with Crippen LogP contribution in [0.1, 0.15) is 36.0 Å². The largest absolute Gasteiger partial charge is 0.530 e. The van der Waals surface area contributed by atoms with E-state index in [0.717, 1.165) is 32.0 Å². The van der Waals surface area contributed by atoms with Gasteiger partial charge in [-0.1, -0.05) is 12.8 Å². The first-order valence-corrected chi connectivity index (χ1v) is 8.68. The molecule has 3 atom stereocenters. The lowest BCUT2D eigenvalue weighted by Gasteiger charge is -2.31. The van der Waals surface area contributed by atoms with Crippen molar-refractivity contribution in [2.75, 3.05) is 14.2 Å². The summed E-state index contributed by atoms with van der Waals surface area (Å²) in [4.78, 5) is 10.6. The van der Waals surface area contributed by atoms with Gasteiger partial charge in [0.2, 0.25) is 0 Å². The van der Waals surface area contributed by atoms with Crippen LogP contribution in [0.3, 0.4) is 0 Å². The Labute approximate surface area is 130 Å². The molecule has 1 aliphatic carbocycles. The molecule has 0 N–H and O–H groups in total. The van der Waals surface area contributed by atoms with Crippen molar-refractivity contribution in [3.8, 4) is 5.75 Å². The SMILES string of the molecule is COC1CCCCC1OP(=O)(OC)Oc1ccc(C=O)cc1. The molecule has 122 valence electrons. The molecule has 1 fully saturated rings. The molecule has 0 heterocycles. The number of ether oxygens (including phenoxy) is 1. The molecule has 1 aromatic rings. The van der Waals surface area contributed by atoms with E-state index in [-0.39, 0.29) is 12.2 Å². The molecule has 0 bridgehead atoms. The van der Waals surface area contributed by atoms with Crippen molar-refractivity contribution in [1.29, 1.82) is 0 Å². The molecule has 7 heteroatoms. The van der Waals surface area contributed by atoms with E-state index in [9.17, 15) is 9.36 Å². The second kappa shape index (κ2) is 7.88. The summed E-state index contributed by atoms with van der Waals surface area (Å²) in [5, 5.41) is 0. The third-order valence-corrected chi connectivity index (χ3v) is 5.08. The van der Waals surface area contributed by atoms with Gasteiger partial charge in [0.15, 0.2) is 0 Å². The van der Waals surface area contributed by atoms with Crippen LogP contribution >= 0.6 is 7.82 Å². The first-order chi connectivity index (χ1) is 10.6. The van der Waals surface area contributed by atoms with Crippen LogP contribution in [0.2, 0.25) is 0 Å². The van der Waals surface area contributed by atoms with Crippen molar-refractivity contribution in [2.24, 2.45) is 0 Å². The van der Waals surface area contributed by atoms with Crippen LogP contribution in [0.4, 0.5) is 0 Å². The number of methoxy groups -OCH3 is 1. The zero-order valence-corrected chi connectivity index (χ0v) is 13.7. The number of hydrogen-bond acceptors (Lipinski definition) is 6. The van der Waals surface area contributed by atoms with E-state index in [2.05, 4.69) is 0 Å². The van der Waals surface area contributed by atoms with E-state index in [1.54, 1.807) is 31.4 Å². The minimum atomic E-state index is -3.73. The number of hydrogen-bond donors (Lipinski definition) is 0. The van der Waals surface area contributed by atoms with Crippen molar-refractivity contribution in [1.82, 2.24) is 0 Å². The third kappa shape index (κ3) is 4.40. The minimum Gasteiger partial charge on any atom is -0.404 e. The van der Waals surface area contributed by atoms with Crippen LogP contribution in [0.5, 0.6) is 5.75 Å². The fraction of sp³-hybridized carbons (Fsp3) is 0.533. The molecule has 6 nitrogen and oxygen atoms in total. The Balaban J connectivity index is 2.06. The van der Waals surface area contributed by atoms with Crippen molar-refractivity contribution < 1.29 is 27.7 Å². The molecule has 2 rings (SSSR count). The summed E-state index contributed by atoms with van der Waals surface area (Å²) in [6, 6.07) is 6.24. The van der Waals surface area contributed by atoms with Gasteiger partial charge in [-0.3, -0.25) is 13.8 Å². The van der Waals surface area contributed by atoms with Crippen LogP contribution in [-0.4, -0.2) is 32.7 Å². The number of aldehydes is 1. The van der Waals surface area contributed by atoms with Gasteiger partial charge >= 0.3 is 7.82 Å². The van der Waals surface area contributed by atoms with Gasteiger partial charge in [-0.2, -0.15) is 0 Å². The van der Waals surface area contributed by atoms with E-state index >= 15 is 0 Å². The Morgan fingerprint density at radius 1 is 1.09 bits per heavy atom. The van der Waals surface area contributed by atoms with Crippen LogP contribution in [0.15, 0.2) is 24.3 Å². The number of phosphoric ester groups is 1. The summed E-state index contributed by atoms with van der Waals surface area (Å²) in [7, 11) is -0.836. The molecule has 3 unspecified atom stereocenters. The van der Waals surface area contributed by atoms with Crippen molar-refractivity contribution >= 4 is 14.1 Å². The predicted octanol–water partition coefficient (Wildman–Crippen LogP) is 3.61. The molecule has 0 aliphatic heterocycles. The summed E-state index contributed by atoms with van der Waals surface area (Å²) in [5.41, 5.74) is 0.507. The van der Waals surface area contributed by atoms with Crippen LogP contribution < -0.4 is 4.52 Å². The topological polar surface area (TPSA) is 71.1 Å².